The zero-order valence-corrected chi connectivity index (χ0v) is 35.9. The van der Waals surface area contributed by atoms with Crippen molar-refractivity contribution in [1.29, 1.82) is 0 Å². The van der Waals surface area contributed by atoms with Gasteiger partial charge in [0.1, 0.15) is 0 Å². The lowest BCUT2D eigenvalue weighted by molar-refractivity contribution is -0.123. The van der Waals surface area contributed by atoms with Gasteiger partial charge in [0, 0.05) is 6.42 Å². The van der Waals surface area contributed by atoms with Gasteiger partial charge in [0.25, 0.3) is 0 Å². The van der Waals surface area contributed by atoms with Crippen molar-refractivity contribution in [3.63, 3.8) is 0 Å². The summed E-state index contributed by atoms with van der Waals surface area (Å²) in [5.74, 6) is -0.0250. The van der Waals surface area contributed by atoms with Gasteiger partial charge in [-0.1, -0.05) is 264 Å². The molecule has 0 saturated heterocycles. The van der Waals surface area contributed by atoms with Gasteiger partial charge in [-0.15, -0.1) is 0 Å². The Kier molecular flexibility index (Phi) is 44.3. The number of rotatable bonds is 45. The van der Waals surface area contributed by atoms with E-state index in [9.17, 15) is 15.0 Å². The van der Waals surface area contributed by atoms with Crippen molar-refractivity contribution in [2.75, 3.05) is 6.61 Å². The second kappa shape index (κ2) is 44.8. The van der Waals surface area contributed by atoms with Crippen LogP contribution in [0.5, 0.6) is 0 Å². The first-order valence-electron chi connectivity index (χ1n) is 24.2. The maximum Gasteiger partial charge on any atom is 0.220 e. The molecule has 0 spiro atoms. The molecule has 0 aromatic rings. The summed E-state index contributed by atoms with van der Waals surface area (Å²) >= 11 is 0. The zero-order valence-electron chi connectivity index (χ0n) is 35.9. The molecule has 0 fully saturated rings. The summed E-state index contributed by atoms with van der Waals surface area (Å²) in [6, 6.07) is -0.530. The number of unbranched alkanes of at least 4 members (excludes halogenated alkanes) is 38. The second-order valence-electron chi connectivity index (χ2n) is 16.9. The predicted octanol–water partition coefficient (Wildman–Crippen LogP) is 15.2. The van der Waals surface area contributed by atoms with Gasteiger partial charge >= 0.3 is 0 Å². The van der Waals surface area contributed by atoms with Gasteiger partial charge in [-0.2, -0.15) is 0 Å². The van der Waals surface area contributed by atoms with Crippen molar-refractivity contribution >= 4 is 5.91 Å². The van der Waals surface area contributed by atoms with E-state index in [1.165, 1.54) is 231 Å². The third kappa shape index (κ3) is 40.6. The Morgan fingerprint density at radius 2 is 0.615 bits per heavy atom. The van der Waals surface area contributed by atoms with Crippen LogP contribution in [0.1, 0.15) is 284 Å². The Morgan fingerprint density at radius 3 is 0.865 bits per heavy atom. The molecule has 0 bridgehead atoms. The van der Waals surface area contributed by atoms with Crippen molar-refractivity contribution in [1.82, 2.24) is 5.32 Å². The minimum absolute atomic E-state index is 0.0250. The highest BCUT2D eigenvalue weighted by molar-refractivity contribution is 5.76. The van der Waals surface area contributed by atoms with Gasteiger partial charge < -0.3 is 15.5 Å². The molecule has 2 atom stereocenters. The predicted molar refractivity (Wildman–Crippen MR) is 230 cm³/mol. The number of carbonyl (C=O) groups is 1. The number of aliphatic hydroxyl groups is 2. The van der Waals surface area contributed by atoms with Crippen molar-refractivity contribution in [2.45, 2.75) is 296 Å². The van der Waals surface area contributed by atoms with Gasteiger partial charge in [-0.05, 0) is 12.8 Å². The van der Waals surface area contributed by atoms with E-state index in [4.69, 9.17) is 0 Å². The molecule has 0 aliphatic carbocycles. The number of amides is 1. The molecule has 0 rings (SSSR count). The van der Waals surface area contributed by atoms with Crippen LogP contribution in [0.25, 0.3) is 0 Å². The molecule has 1 amide bonds. The Labute approximate surface area is 327 Å². The standard InChI is InChI=1S/C48H97NO3/c1-3-5-7-9-11-13-15-17-19-21-22-23-24-25-26-27-28-29-31-33-35-37-39-41-43-47(51)46(45-50)49-48(52)44-42-40-38-36-34-32-30-20-18-16-14-12-10-8-6-4-2/h46-47,50-51H,3-45H2,1-2H3,(H,49,52). The summed E-state index contributed by atoms with van der Waals surface area (Å²) in [6.07, 6.45) is 54.8. The summed E-state index contributed by atoms with van der Waals surface area (Å²) in [7, 11) is 0. The lowest BCUT2D eigenvalue weighted by Crippen LogP contribution is -2.45. The maximum absolute atomic E-state index is 12.4. The molecule has 4 heteroatoms. The average molecular weight is 736 g/mol. The smallest absolute Gasteiger partial charge is 0.220 e. The summed E-state index contributed by atoms with van der Waals surface area (Å²) in [5.41, 5.74) is 0. The molecule has 0 aromatic carbocycles. The summed E-state index contributed by atoms with van der Waals surface area (Å²) in [4.78, 5) is 12.4. The van der Waals surface area contributed by atoms with Crippen LogP contribution in [0.2, 0.25) is 0 Å². The molecule has 0 saturated carbocycles. The molecule has 0 radical (unpaired) electrons. The molecule has 312 valence electrons. The number of aliphatic hydroxyl groups excluding tert-OH is 2. The summed E-state index contributed by atoms with van der Waals surface area (Å²) in [5, 5.41) is 23.2. The molecule has 0 aliphatic rings. The van der Waals surface area contributed by atoms with Gasteiger partial charge in [0.15, 0.2) is 0 Å². The molecule has 52 heavy (non-hydrogen) atoms. The topological polar surface area (TPSA) is 69.6 Å². The number of carbonyl (C=O) groups excluding carboxylic acids is 1. The fourth-order valence-electron chi connectivity index (χ4n) is 7.89. The Balaban J connectivity index is 3.43. The molecular weight excluding hydrogens is 639 g/mol. The molecule has 0 aromatic heterocycles. The van der Waals surface area contributed by atoms with Crippen LogP contribution < -0.4 is 5.32 Å². The van der Waals surface area contributed by atoms with Crippen molar-refractivity contribution in [3.8, 4) is 0 Å². The van der Waals surface area contributed by atoms with E-state index in [1.54, 1.807) is 0 Å². The third-order valence-electron chi connectivity index (χ3n) is 11.6. The van der Waals surface area contributed by atoms with Crippen LogP contribution >= 0.6 is 0 Å². The molecular formula is C48H97NO3. The van der Waals surface area contributed by atoms with Crippen LogP contribution in [0.15, 0.2) is 0 Å². The first-order chi connectivity index (χ1) is 25.7. The van der Waals surface area contributed by atoms with E-state index in [0.29, 0.717) is 12.8 Å². The van der Waals surface area contributed by atoms with Crippen molar-refractivity contribution < 1.29 is 15.0 Å². The van der Waals surface area contributed by atoms with Crippen molar-refractivity contribution in [3.05, 3.63) is 0 Å². The number of nitrogens with one attached hydrogen (secondary N) is 1. The molecule has 0 heterocycles. The molecule has 0 aliphatic heterocycles. The van der Waals surface area contributed by atoms with Crippen LogP contribution in [-0.4, -0.2) is 34.9 Å². The fraction of sp³-hybridized carbons (Fsp3) is 0.979. The van der Waals surface area contributed by atoms with E-state index in [1.807, 2.05) is 0 Å². The SMILES string of the molecule is CCCCCCCCCCCCCCCCCCCCCCCCCCC(O)C(CO)NC(=O)CCCCCCCCCCCCCCCCCC. The van der Waals surface area contributed by atoms with Gasteiger partial charge in [0.2, 0.25) is 5.91 Å². The minimum atomic E-state index is -0.653. The Hall–Kier alpha value is -0.610. The maximum atomic E-state index is 12.4. The van der Waals surface area contributed by atoms with Crippen LogP contribution in [0.3, 0.4) is 0 Å². The van der Waals surface area contributed by atoms with E-state index in [2.05, 4.69) is 19.2 Å². The quantitative estimate of drug-likeness (QED) is 0.0545. The van der Waals surface area contributed by atoms with Gasteiger partial charge in [-0.25, -0.2) is 0 Å². The first-order valence-corrected chi connectivity index (χ1v) is 24.2. The highest BCUT2D eigenvalue weighted by Crippen LogP contribution is 2.17. The lowest BCUT2D eigenvalue weighted by Gasteiger charge is -2.22. The monoisotopic (exact) mass is 736 g/mol. The number of hydrogen-bond donors (Lipinski definition) is 3. The largest absolute Gasteiger partial charge is 0.394 e. The van der Waals surface area contributed by atoms with E-state index >= 15 is 0 Å². The fourth-order valence-corrected chi connectivity index (χ4v) is 7.89. The summed E-state index contributed by atoms with van der Waals surface area (Å²) < 4.78 is 0. The zero-order chi connectivity index (χ0) is 37.8. The number of hydrogen-bond acceptors (Lipinski definition) is 3. The summed E-state index contributed by atoms with van der Waals surface area (Å²) in [6.45, 7) is 4.39. The Morgan fingerprint density at radius 1 is 0.385 bits per heavy atom. The van der Waals surface area contributed by atoms with E-state index in [0.717, 1.165) is 25.7 Å². The third-order valence-corrected chi connectivity index (χ3v) is 11.6. The Bertz CT molecular complexity index is 670. The second-order valence-corrected chi connectivity index (χ2v) is 16.9. The normalized spacial score (nSPS) is 12.8. The van der Waals surface area contributed by atoms with Crippen LogP contribution in [-0.2, 0) is 4.79 Å². The van der Waals surface area contributed by atoms with Crippen LogP contribution in [0, 0.1) is 0 Å². The lowest BCUT2D eigenvalue weighted by atomic mass is 10.0. The molecule has 3 N–H and O–H groups in total. The molecule has 4 nitrogen and oxygen atoms in total. The highest BCUT2D eigenvalue weighted by atomic mass is 16.3. The van der Waals surface area contributed by atoms with Gasteiger partial charge in [-0.3, -0.25) is 4.79 Å². The van der Waals surface area contributed by atoms with Crippen LogP contribution in [0.4, 0.5) is 0 Å². The first kappa shape index (κ1) is 51.4. The average Bonchev–Trinajstić information content (AvgIpc) is 3.15. The van der Waals surface area contributed by atoms with Gasteiger partial charge in [0.05, 0.1) is 18.8 Å². The highest BCUT2D eigenvalue weighted by Gasteiger charge is 2.20. The van der Waals surface area contributed by atoms with E-state index < -0.39 is 12.1 Å². The van der Waals surface area contributed by atoms with E-state index in [-0.39, 0.29) is 12.5 Å². The van der Waals surface area contributed by atoms with Crippen molar-refractivity contribution in [2.24, 2.45) is 0 Å². The molecule has 2 unspecified atom stereocenters. The minimum Gasteiger partial charge on any atom is -0.394 e.